The Morgan fingerprint density at radius 1 is 0.971 bits per heavy atom. The number of hydrogen-bond donors (Lipinski definition) is 2. The summed E-state index contributed by atoms with van der Waals surface area (Å²) in [4.78, 5) is 50.4. The highest BCUT2D eigenvalue weighted by Crippen LogP contribution is 2.30. The fraction of sp³-hybridized carbons (Fsp3) is 0.0400. The Bertz CT molecular complexity index is 1390. The van der Waals surface area contributed by atoms with Gasteiger partial charge in [-0.1, -0.05) is 59.6 Å². The maximum absolute atomic E-state index is 13.1. The molecule has 0 radical (unpaired) electrons. The fourth-order valence-corrected chi connectivity index (χ4v) is 3.64. The molecule has 0 unspecified atom stereocenters. The highest BCUT2D eigenvalue weighted by atomic mass is 35.5. The number of hydrogen-bond acceptors (Lipinski definition) is 5. The van der Waals surface area contributed by atoms with E-state index < -0.39 is 23.8 Å². The van der Waals surface area contributed by atoms with E-state index in [0.29, 0.717) is 0 Å². The van der Waals surface area contributed by atoms with E-state index in [1.165, 1.54) is 42.5 Å². The van der Waals surface area contributed by atoms with Gasteiger partial charge in [-0.2, -0.15) is 0 Å². The van der Waals surface area contributed by atoms with Crippen molar-refractivity contribution in [2.24, 2.45) is 0 Å². The van der Waals surface area contributed by atoms with Crippen LogP contribution >= 0.6 is 23.2 Å². The molecule has 10 heteroatoms. The van der Waals surface area contributed by atoms with Gasteiger partial charge in [0.15, 0.2) is 0 Å². The summed E-state index contributed by atoms with van der Waals surface area (Å²) in [5.41, 5.74) is 0.681. The third-order valence-corrected chi connectivity index (χ3v) is 5.78. The van der Waals surface area contributed by atoms with Crippen molar-refractivity contribution in [2.45, 2.75) is 6.61 Å². The van der Waals surface area contributed by atoms with Crippen LogP contribution in [0, 0.1) is 0 Å². The summed E-state index contributed by atoms with van der Waals surface area (Å²) in [5, 5.41) is 12.1. The van der Waals surface area contributed by atoms with Crippen LogP contribution in [0.3, 0.4) is 0 Å². The number of halogens is 2. The Morgan fingerprint density at radius 2 is 1.71 bits per heavy atom. The Balaban J connectivity index is 1.65. The molecule has 4 amide bonds. The van der Waals surface area contributed by atoms with Crippen molar-refractivity contribution in [3.05, 3.63) is 99.0 Å². The molecule has 0 aliphatic carbocycles. The average Bonchev–Trinajstić information content (AvgIpc) is 2.83. The Kier molecular flexibility index (Phi) is 6.86. The molecule has 8 nitrogen and oxygen atoms in total. The minimum atomic E-state index is -1.25. The topological polar surface area (TPSA) is 113 Å². The highest BCUT2D eigenvalue weighted by Gasteiger charge is 2.37. The molecular weight excluding hydrogens is 495 g/mol. The van der Waals surface area contributed by atoms with E-state index in [9.17, 15) is 24.3 Å². The Labute approximate surface area is 209 Å². The van der Waals surface area contributed by atoms with E-state index in [1.807, 2.05) is 30.3 Å². The number of nitrogens with one attached hydrogen (secondary N) is 1. The van der Waals surface area contributed by atoms with Crippen molar-refractivity contribution in [2.75, 3.05) is 4.90 Å². The van der Waals surface area contributed by atoms with Crippen LogP contribution in [0.2, 0.25) is 10.0 Å². The SMILES string of the molecule is O=C1NC(=O)N(c2ccc(Cl)c(Cl)c2)C(=O)/C1=C\c1ccc(OCc2ccccc2)c(C(=O)O)c1. The van der Waals surface area contributed by atoms with Gasteiger partial charge in [0.05, 0.1) is 15.7 Å². The number of rotatable bonds is 6. The van der Waals surface area contributed by atoms with Crippen molar-refractivity contribution < 1.29 is 29.0 Å². The lowest BCUT2D eigenvalue weighted by Gasteiger charge is -2.26. The zero-order valence-corrected chi connectivity index (χ0v) is 19.3. The summed E-state index contributed by atoms with van der Waals surface area (Å²) < 4.78 is 5.66. The predicted octanol–water partition coefficient (Wildman–Crippen LogP) is 4.94. The van der Waals surface area contributed by atoms with Gasteiger partial charge >= 0.3 is 12.0 Å². The van der Waals surface area contributed by atoms with Crippen molar-refractivity contribution >= 4 is 58.8 Å². The van der Waals surface area contributed by atoms with Crippen LogP contribution in [0.5, 0.6) is 5.75 Å². The maximum Gasteiger partial charge on any atom is 0.339 e. The second-order valence-corrected chi connectivity index (χ2v) is 8.21. The third kappa shape index (κ3) is 5.18. The second kappa shape index (κ2) is 10.0. The molecule has 35 heavy (non-hydrogen) atoms. The average molecular weight is 511 g/mol. The fourth-order valence-electron chi connectivity index (χ4n) is 3.35. The summed E-state index contributed by atoms with van der Waals surface area (Å²) in [6.07, 6.45) is 1.20. The van der Waals surface area contributed by atoms with Gasteiger partial charge in [-0.05, 0) is 47.5 Å². The number of carboxylic acids is 1. The largest absolute Gasteiger partial charge is 0.488 e. The third-order valence-electron chi connectivity index (χ3n) is 5.05. The summed E-state index contributed by atoms with van der Waals surface area (Å²) in [6.45, 7) is 0.156. The molecule has 1 saturated heterocycles. The van der Waals surface area contributed by atoms with Crippen molar-refractivity contribution in [1.82, 2.24) is 5.32 Å². The normalized spacial score (nSPS) is 14.7. The molecule has 1 heterocycles. The molecular formula is C25H16Cl2N2O6. The predicted molar refractivity (Wildman–Crippen MR) is 130 cm³/mol. The Morgan fingerprint density at radius 3 is 2.40 bits per heavy atom. The van der Waals surface area contributed by atoms with E-state index in [-0.39, 0.29) is 44.8 Å². The molecule has 0 bridgehead atoms. The standard InChI is InChI=1S/C25H16Cl2N2O6/c26-19-8-7-16(12-20(19)27)29-23(31)18(22(30)28-25(29)34)11-15-6-9-21(17(10-15)24(32)33)35-13-14-4-2-1-3-5-14/h1-12H,13H2,(H,32,33)(H,28,30,34)/b18-11-. The molecule has 0 saturated carbocycles. The van der Waals surface area contributed by atoms with E-state index >= 15 is 0 Å². The minimum Gasteiger partial charge on any atom is -0.488 e. The lowest BCUT2D eigenvalue weighted by Crippen LogP contribution is -2.54. The number of amides is 4. The van der Waals surface area contributed by atoms with E-state index in [2.05, 4.69) is 5.32 Å². The van der Waals surface area contributed by atoms with Crippen LogP contribution in [0.25, 0.3) is 6.08 Å². The van der Waals surface area contributed by atoms with Gasteiger partial charge in [-0.25, -0.2) is 14.5 Å². The molecule has 3 aromatic carbocycles. The van der Waals surface area contributed by atoms with E-state index in [0.717, 1.165) is 10.5 Å². The number of anilines is 1. The first kappa shape index (κ1) is 24.0. The number of aromatic carboxylic acids is 1. The van der Waals surface area contributed by atoms with Crippen LogP contribution in [0.15, 0.2) is 72.3 Å². The number of nitrogens with zero attached hydrogens (tertiary/aromatic N) is 1. The highest BCUT2D eigenvalue weighted by molar-refractivity contribution is 6.43. The van der Waals surface area contributed by atoms with Crippen LogP contribution in [0.1, 0.15) is 21.5 Å². The molecule has 4 rings (SSSR count). The first-order valence-electron chi connectivity index (χ1n) is 10.1. The van der Waals surface area contributed by atoms with E-state index in [1.54, 1.807) is 0 Å². The van der Waals surface area contributed by atoms with Crippen LogP contribution in [0.4, 0.5) is 10.5 Å². The van der Waals surface area contributed by atoms with Gasteiger partial charge in [-0.15, -0.1) is 0 Å². The van der Waals surface area contributed by atoms with Gasteiger partial charge in [0.25, 0.3) is 11.8 Å². The first-order chi connectivity index (χ1) is 16.7. The van der Waals surface area contributed by atoms with Gasteiger partial charge in [0.2, 0.25) is 0 Å². The number of urea groups is 1. The molecule has 176 valence electrons. The summed E-state index contributed by atoms with van der Waals surface area (Å²) in [5.74, 6) is -2.95. The molecule has 0 atom stereocenters. The molecule has 0 spiro atoms. The first-order valence-corrected chi connectivity index (χ1v) is 10.9. The molecule has 0 aromatic heterocycles. The Hall–Kier alpha value is -4.14. The van der Waals surface area contributed by atoms with Crippen molar-refractivity contribution in [1.29, 1.82) is 0 Å². The monoisotopic (exact) mass is 510 g/mol. The second-order valence-electron chi connectivity index (χ2n) is 7.39. The van der Waals surface area contributed by atoms with Gasteiger partial charge in [-0.3, -0.25) is 14.9 Å². The molecule has 1 fully saturated rings. The number of ether oxygens (including phenoxy) is 1. The molecule has 1 aliphatic rings. The zero-order chi connectivity index (χ0) is 25.1. The maximum atomic E-state index is 13.1. The smallest absolute Gasteiger partial charge is 0.339 e. The number of benzene rings is 3. The molecule has 2 N–H and O–H groups in total. The summed E-state index contributed by atoms with van der Waals surface area (Å²) in [7, 11) is 0. The number of carboxylic acid groups (broad SMARTS) is 1. The van der Waals surface area contributed by atoms with E-state index in [4.69, 9.17) is 27.9 Å². The summed E-state index contributed by atoms with van der Waals surface area (Å²) in [6, 6.07) is 16.6. The van der Waals surface area contributed by atoms with Gasteiger partial charge in [0, 0.05) is 0 Å². The van der Waals surface area contributed by atoms with Crippen molar-refractivity contribution in [3.8, 4) is 5.75 Å². The minimum absolute atomic E-state index is 0.108. The number of carbonyl (C=O) groups is 4. The quantitative estimate of drug-likeness (QED) is 0.358. The lowest BCUT2D eigenvalue weighted by atomic mass is 10.0. The number of carbonyl (C=O) groups excluding carboxylic acids is 3. The number of imide groups is 2. The summed E-state index contributed by atoms with van der Waals surface area (Å²) >= 11 is 11.9. The van der Waals surface area contributed by atoms with Gasteiger partial charge in [0.1, 0.15) is 23.5 Å². The number of barbiturate groups is 1. The lowest BCUT2D eigenvalue weighted by molar-refractivity contribution is -0.122. The van der Waals surface area contributed by atoms with Crippen LogP contribution in [-0.2, 0) is 16.2 Å². The van der Waals surface area contributed by atoms with Crippen molar-refractivity contribution in [3.63, 3.8) is 0 Å². The zero-order valence-electron chi connectivity index (χ0n) is 17.8. The van der Waals surface area contributed by atoms with Crippen LogP contribution < -0.4 is 15.0 Å². The molecule has 3 aromatic rings. The van der Waals surface area contributed by atoms with Gasteiger partial charge < -0.3 is 9.84 Å². The van der Waals surface area contributed by atoms with Crippen LogP contribution in [-0.4, -0.2) is 28.9 Å². The molecule has 1 aliphatic heterocycles.